The topological polar surface area (TPSA) is 72.8 Å². The van der Waals surface area contributed by atoms with Crippen molar-refractivity contribution in [3.05, 3.63) is 28.8 Å². The minimum atomic E-state index is -1.08. The van der Waals surface area contributed by atoms with Crippen molar-refractivity contribution in [3.63, 3.8) is 0 Å². The number of carbonyl (C=O) groups excluding carboxylic acids is 1. The molecule has 1 unspecified atom stereocenters. The number of esters is 1. The third-order valence-electron chi connectivity index (χ3n) is 2.02. The lowest BCUT2D eigenvalue weighted by molar-refractivity contribution is -0.147. The Balaban J connectivity index is 2.86. The van der Waals surface area contributed by atoms with Gasteiger partial charge in [-0.3, -0.25) is 0 Å². The van der Waals surface area contributed by atoms with E-state index >= 15 is 0 Å². The Bertz CT molecular complexity index is 443. The molecule has 0 aromatic heterocycles. The van der Waals surface area contributed by atoms with E-state index in [1.54, 1.807) is 0 Å². The van der Waals surface area contributed by atoms with Crippen LogP contribution < -0.4 is 4.74 Å². The molecule has 1 rings (SSSR count). The van der Waals surface area contributed by atoms with Crippen molar-refractivity contribution < 1.29 is 24.2 Å². The number of carbonyl (C=O) groups is 2. The van der Waals surface area contributed by atoms with Crippen LogP contribution in [0, 0.1) is 0 Å². The summed E-state index contributed by atoms with van der Waals surface area (Å²) in [6.45, 7) is 1.51. The molecule has 0 aliphatic rings. The average Bonchev–Trinajstić information content (AvgIpc) is 2.30. The van der Waals surface area contributed by atoms with Crippen LogP contribution in [-0.2, 0) is 9.53 Å². The molecule has 0 bridgehead atoms. The highest BCUT2D eigenvalue weighted by Crippen LogP contribution is 2.26. The van der Waals surface area contributed by atoms with Gasteiger partial charge in [-0.25, -0.2) is 9.59 Å². The van der Waals surface area contributed by atoms with Crippen LogP contribution in [0.2, 0.25) is 5.02 Å². The highest BCUT2D eigenvalue weighted by atomic mass is 35.5. The van der Waals surface area contributed by atoms with Gasteiger partial charge in [0.05, 0.1) is 17.7 Å². The molecule has 0 aliphatic carbocycles. The van der Waals surface area contributed by atoms with E-state index in [-0.39, 0.29) is 16.3 Å². The second kappa shape index (κ2) is 5.54. The maximum atomic E-state index is 11.1. The maximum absolute atomic E-state index is 11.1. The van der Waals surface area contributed by atoms with Gasteiger partial charge in [-0.2, -0.15) is 0 Å². The first-order valence-corrected chi connectivity index (χ1v) is 5.11. The molecule has 1 atom stereocenters. The quantitative estimate of drug-likeness (QED) is 0.836. The van der Waals surface area contributed by atoms with Crippen LogP contribution in [0.3, 0.4) is 0 Å². The number of carboxylic acids is 1. The van der Waals surface area contributed by atoms with Crippen LogP contribution >= 0.6 is 11.6 Å². The largest absolute Gasteiger partial charge is 0.478 e. The van der Waals surface area contributed by atoms with E-state index in [9.17, 15) is 9.59 Å². The predicted molar refractivity (Wildman–Crippen MR) is 60.5 cm³/mol. The van der Waals surface area contributed by atoms with E-state index in [2.05, 4.69) is 4.74 Å². The van der Waals surface area contributed by atoms with Crippen LogP contribution in [0.1, 0.15) is 17.3 Å². The SMILES string of the molecule is COC(=O)C(C)Oc1ccc(C(=O)O)cc1Cl. The lowest BCUT2D eigenvalue weighted by Gasteiger charge is -2.13. The fourth-order valence-electron chi connectivity index (χ4n) is 1.13. The van der Waals surface area contributed by atoms with E-state index < -0.39 is 18.0 Å². The number of aromatic carboxylic acids is 1. The van der Waals surface area contributed by atoms with E-state index in [1.807, 2.05) is 0 Å². The van der Waals surface area contributed by atoms with Gasteiger partial charge in [-0.15, -0.1) is 0 Å². The number of benzene rings is 1. The normalized spacial score (nSPS) is 11.7. The molecular formula is C11H11ClO5. The first-order valence-electron chi connectivity index (χ1n) is 4.73. The number of halogens is 1. The molecule has 6 heteroatoms. The van der Waals surface area contributed by atoms with Crippen molar-refractivity contribution in [2.45, 2.75) is 13.0 Å². The molecule has 1 N–H and O–H groups in total. The molecule has 17 heavy (non-hydrogen) atoms. The van der Waals surface area contributed by atoms with Crippen molar-refractivity contribution in [1.29, 1.82) is 0 Å². The number of hydrogen-bond acceptors (Lipinski definition) is 4. The minimum Gasteiger partial charge on any atom is -0.478 e. The summed E-state index contributed by atoms with van der Waals surface area (Å²) in [4.78, 5) is 21.8. The van der Waals surface area contributed by atoms with Crippen molar-refractivity contribution in [2.75, 3.05) is 7.11 Å². The second-order valence-electron chi connectivity index (χ2n) is 3.23. The van der Waals surface area contributed by atoms with Gasteiger partial charge in [0.1, 0.15) is 5.75 Å². The molecule has 0 saturated heterocycles. The van der Waals surface area contributed by atoms with Crippen LogP contribution in [0.4, 0.5) is 0 Å². The lowest BCUT2D eigenvalue weighted by Crippen LogP contribution is -2.25. The highest BCUT2D eigenvalue weighted by Gasteiger charge is 2.17. The molecule has 5 nitrogen and oxygen atoms in total. The van der Waals surface area contributed by atoms with E-state index in [0.29, 0.717) is 0 Å². The average molecular weight is 259 g/mol. The summed E-state index contributed by atoms with van der Waals surface area (Å²) in [5.41, 5.74) is 0.0491. The van der Waals surface area contributed by atoms with Gasteiger partial charge in [-0.05, 0) is 25.1 Å². The fourth-order valence-corrected chi connectivity index (χ4v) is 1.36. The molecule has 0 heterocycles. The van der Waals surface area contributed by atoms with Crippen molar-refractivity contribution in [2.24, 2.45) is 0 Å². The number of methoxy groups -OCH3 is 1. The molecule has 0 fully saturated rings. The Morgan fingerprint density at radius 3 is 2.53 bits per heavy atom. The number of ether oxygens (including phenoxy) is 2. The van der Waals surface area contributed by atoms with Gasteiger partial charge in [-0.1, -0.05) is 11.6 Å². The number of hydrogen-bond donors (Lipinski definition) is 1. The molecule has 0 aliphatic heterocycles. The summed E-state index contributed by atoms with van der Waals surface area (Å²) in [5, 5.41) is 8.86. The fraction of sp³-hybridized carbons (Fsp3) is 0.273. The van der Waals surface area contributed by atoms with E-state index in [4.69, 9.17) is 21.4 Å². The lowest BCUT2D eigenvalue weighted by atomic mass is 10.2. The van der Waals surface area contributed by atoms with Gasteiger partial charge in [0.2, 0.25) is 0 Å². The molecule has 0 saturated carbocycles. The summed E-state index contributed by atoms with van der Waals surface area (Å²) < 4.78 is 9.72. The standard InChI is InChI=1S/C11H11ClO5/c1-6(11(15)16-2)17-9-4-3-7(10(13)14)5-8(9)12/h3-6H,1-2H3,(H,13,14). The Kier molecular flexibility index (Phi) is 4.34. The van der Waals surface area contributed by atoms with Gasteiger partial charge in [0.25, 0.3) is 0 Å². The first kappa shape index (κ1) is 13.3. The summed E-state index contributed by atoms with van der Waals surface area (Å²) in [6.07, 6.45) is -0.812. The third kappa shape index (κ3) is 3.35. The second-order valence-corrected chi connectivity index (χ2v) is 3.64. The maximum Gasteiger partial charge on any atom is 0.346 e. The summed E-state index contributed by atoms with van der Waals surface area (Å²) in [5.74, 6) is -1.39. The zero-order valence-electron chi connectivity index (χ0n) is 9.27. The minimum absolute atomic E-state index is 0.0491. The Morgan fingerprint density at radius 2 is 2.06 bits per heavy atom. The summed E-state index contributed by atoms with van der Waals surface area (Å²) in [7, 11) is 1.25. The molecule has 1 aromatic carbocycles. The van der Waals surface area contributed by atoms with Crippen molar-refractivity contribution >= 4 is 23.5 Å². The summed E-state index contributed by atoms with van der Waals surface area (Å²) in [6, 6.07) is 3.99. The molecular weight excluding hydrogens is 248 g/mol. The molecule has 0 spiro atoms. The Hall–Kier alpha value is -1.75. The van der Waals surface area contributed by atoms with Gasteiger partial charge >= 0.3 is 11.9 Å². The third-order valence-corrected chi connectivity index (χ3v) is 2.31. The van der Waals surface area contributed by atoms with Gasteiger partial charge in [0, 0.05) is 0 Å². The number of carboxylic acid groups (broad SMARTS) is 1. The molecule has 0 radical (unpaired) electrons. The zero-order valence-corrected chi connectivity index (χ0v) is 10.0. The van der Waals surface area contributed by atoms with Crippen LogP contribution in [0.5, 0.6) is 5.75 Å². The Labute approximate surface area is 103 Å². The van der Waals surface area contributed by atoms with Crippen LogP contribution in [-0.4, -0.2) is 30.3 Å². The van der Waals surface area contributed by atoms with Crippen molar-refractivity contribution in [3.8, 4) is 5.75 Å². The summed E-state index contributed by atoms with van der Waals surface area (Å²) >= 11 is 5.82. The predicted octanol–water partition coefficient (Wildman–Crippen LogP) is 1.98. The van der Waals surface area contributed by atoms with Gasteiger partial charge in [0.15, 0.2) is 6.10 Å². The zero-order chi connectivity index (χ0) is 13.0. The van der Waals surface area contributed by atoms with Crippen molar-refractivity contribution in [1.82, 2.24) is 0 Å². The van der Waals surface area contributed by atoms with E-state index in [0.717, 1.165) is 0 Å². The highest BCUT2D eigenvalue weighted by molar-refractivity contribution is 6.32. The smallest absolute Gasteiger partial charge is 0.346 e. The molecule has 0 amide bonds. The molecule has 92 valence electrons. The van der Waals surface area contributed by atoms with Gasteiger partial charge < -0.3 is 14.6 Å². The first-order chi connectivity index (χ1) is 7.95. The molecule has 1 aromatic rings. The van der Waals surface area contributed by atoms with Crippen LogP contribution in [0.25, 0.3) is 0 Å². The number of rotatable bonds is 4. The monoisotopic (exact) mass is 258 g/mol. The van der Waals surface area contributed by atoms with E-state index in [1.165, 1.54) is 32.2 Å². The Morgan fingerprint density at radius 1 is 1.41 bits per heavy atom. The van der Waals surface area contributed by atoms with Crippen LogP contribution in [0.15, 0.2) is 18.2 Å².